The second-order valence-corrected chi connectivity index (χ2v) is 6.17. The van der Waals surface area contributed by atoms with Crippen LogP contribution in [0.3, 0.4) is 0 Å². The Morgan fingerprint density at radius 3 is 1.68 bits per heavy atom. The second kappa shape index (κ2) is 12.7. The van der Waals surface area contributed by atoms with Crippen LogP contribution in [0.15, 0.2) is 0 Å². The normalized spacial score (nSPS) is 12.9. The fraction of sp³-hybridized carbons (Fsp3) is 0.941. The van der Waals surface area contributed by atoms with Gasteiger partial charge in [0.25, 0.3) is 0 Å². The zero-order valence-electron chi connectivity index (χ0n) is 13.4. The molecule has 0 aromatic rings. The van der Waals surface area contributed by atoms with Gasteiger partial charge in [-0.05, 0) is 12.3 Å². The largest absolute Gasteiger partial charge is 0.321 e. The minimum absolute atomic E-state index is 0.245. The van der Waals surface area contributed by atoms with E-state index in [1.165, 1.54) is 57.8 Å². The summed E-state index contributed by atoms with van der Waals surface area (Å²) in [6, 6.07) is -0.251. The average Bonchev–Trinajstić information content (AvgIpc) is 2.39. The predicted octanol–water partition coefficient (Wildman–Crippen LogP) is 4.85. The summed E-state index contributed by atoms with van der Waals surface area (Å²) in [6.45, 7) is 6.29. The van der Waals surface area contributed by atoms with Crippen LogP contribution in [0.2, 0.25) is 0 Å². The zero-order chi connectivity index (χ0) is 14.5. The first-order valence-electron chi connectivity index (χ1n) is 8.37. The summed E-state index contributed by atoms with van der Waals surface area (Å²) in [5.74, 6) is 0.519. The van der Waals surface area contributed by atoms with Crippen molar-refractivity contribution in [3.63, 3.8) is 0 Å². The molecule has 1 unspecified atom stereocenters. The zero-order valence-corrected chi connectivity index (χ0v) is 13.4. The molecule has 2 nitrogen and oxygen atoms in total. The number of hydrogen-bond acceptors (Lipinski definition) is 2. The number of carbonyl (C=O) groups is 1. The van der Waals surface area contributed by atoms with Gasteiger partial charge in [-0.1, -0.05) is 78.6 Å². The minimum Gasteiger partial charge on any atom is -0.321 e. The van der Waals surface area contributed by atoms with Crippen molar-refractivity contribution in [1.29, 1.82) is 0 Å². The van der Waals surface area contributed by atoms with E-state index < -0.39 is 0 Å². The van der Waals surface area contributed by atoms with Crippen LogP contribution in [0.5, 0.6) is 0 Å². The first kappa shape index (κ1) is 18.6. The summed E-state index contributed by atoms with van der Waals surface area (Å²) in [7, 11) is 0. The van der Waals surface area contributed by atoms with Crippen molar-refractivity contribution in [2.75, 3.05) is 0 Å². The molecule has 0 radical (unpaired) electrons. The molecule has 0 aliphatic rings. The summed E-state index contributed by atoms with van der Waals surface area (Å²) >= 11 is 0. The maximum Gasteiger partial charge on any atom is 0.149 e. The number of rotatable bonds is 13. The Bertz CT molecular complexity index is 213. The van der Waals surface area contributed by atoms with E-state index in [-0.39, 0.29) is 17.7 Å². The molecule has 0 aromatic heterocycles. The number of nitrogens with two attached hydrogens (primary N) is 1. The molecule has 2 N–H and O–H groups in total. The monoisotopic (exact) mass is 269 g/mol. The van der Waals surface area contributed by atoms with Gasteiger partial charge < -0.3 is 5.73 Å². The Balaban J connectivity index is 3.25. The van der Waals surface area contributed by atoms with Crippen LogP contribution < -0.4 is 5.73 Å². The number of unbranched alkanes of at least 4 members (excludes halogenated alkanes) is 9. The lowest BCUT2D eigenvalue weighted by Gasteiger charge is -2.13. The van der Waals surface area contributed by atoms with E-state index in [2.05, 4.69) is 6.92 Å². The smallest absolute Gasteiger partial charge is 0.149 e. The van der Waals surface area contributed by atoms with Gasteiger partial charge in [0.05, 0.1) is 6.04 Å². The van der Waals surface area contributed by atoms with Gasteiger partial charge in [0.15, 0.2) is 0 Å². The van der Waals surface area contributed by atoms with Crippen molar-refractivity contribution < 1.29 is 4.79 Å². The molecule has 0 aromatic carbocycles. The molecule has 0 saturated carbocycles. The molecular weight excluding hydrogens is 234 g/mol. The van der Waals surface area contributed by atoms with E-state index in [4.69, 9.17) is 5.73 Å². The van der Waals surface area contributed by atoms with E-state index in [1.807, 2.05) is 13.8 Å². The Morgan fingerprint density at radius 2 is 1.26 bits per heavy atom. The molecule has 0 fully saturated rings. The number of carbonyl (C=O) groups excluding carboxylic acids is 1. The molecular formula is C17H35NO. The highest BCUT2D eigenvalue weighted by Crippen LogP contribution is 2.12. The second-order valence-electron chi connectivity index (χ2n) is 6.17. The van der Waals surface area contributed by atoms with Crippen molar-refractivity contribution in [1.82, 2.24) is 0 Å². The summed E-state index contributed by atoms with van der Waals surface area (Å²) in [5, 5.41) is 0. The van der Waals surface area contributed by atoms with Gasteiger partial charge in [-0.2, -0.15) is 0 Å². The lowest BCUT2D eigenvalue weighted by molar-refractivity contribution is -0.121. The van der Waals surface area contributed by atoms with Gasteiger partial charge in [0.2, 0.25) is 0 Å². The van der Waals surface area contributed by atoms with E-state index >= 15 is 0 Å². The van der Waals surface area contributed by atoms with Crippen LogP contribution in [0, 0.1) is 5.92 Å². The van der Waals surface area contributed by atoms with Gasteiger partial charge >= 0.3 is 0 Å². The molecule has 0 rings (SSSR count). The molecule has 0 heterocycles. The van der Waals surface area contributed by atoms with Crippen molar-refractivity contribution in [2.24, 2.45) is 11.7 Å². The Morgan fingerprint density at radius 1 is 0.842 bits per heavy atom. The Hall–Kier alpha value is -0.370. The maximum atomic E-state index is 11.7. The van der Waals surface area contributed by atoms with E-state index in [0.717, 1.165) is 6.42 Å². The Labute approximate surface area is 120 Å². The molecule has 0 amide bonds. The van der Waals surface area contributed by atoms with Crippen LogP contribution >= 0.6 is 0 Å². The highest BCUT2D eigenvalue weighted by atomic mass is 16.1. The van der Waals surface area contributed by atoms with Gasteiger partial charge in [-0.3, -0.25) is 4.79 Å². The third-order valence-corrected chi connectivity index (χ3v) is 3.87. The fourth-order valence-corrected chi connectivity index (χ4v) is 2.33. The molecule has 0 aliphatic heterocycles. The van der Waals surface area contributed by atoms with Crippen molar-refractivity contribution in [3.8, 4) is 0 Å². The number of ketones is 1. The van der Waals surface area contributed by atoms with Crippen LogP contribution in [-0.4, -0.2) is 11.8 Å². The van der Waals surface area contributed by atoms with E-state index in [9.17, 15) is 4.79 Å². The molecule has 0 aliphatic carbocycles. The number of hydrogen-bond donors (Lipinski definition) is 1. The van der Waals surface area contributed by atoms with Crippen LogP contribution in [-0.2, 0) is 4.79 Å². The van der Waals surface area contributed by atoms with Gasteiger partial charge in [0, 0.05) is 6.42 Å². The molecule has 0 spiro atoms. The van der Waals surface area contributed by atoms with Crippen LogP contribution in [0.25, 0.3) is 0 Å². The van der Waals surface area contributed by atoms with Crippen LogP contribution in [0.1, 0.15) is 91.4 Å². The molecule has 19 heavy (non-hydrogen) atoms. The predicted molar refractivity (Wildman–Crippen MR) is 84.3 cm³/mol. The van der Waals surface area contributed by atoms with Crippen molar-refractivity contribution in [2.45, 2.75) is 97.4 Å². The summed E-state index contributed by atoms with van der Waals surface area (Å²) < 4.78 is 0. The first-order chi connectivity index (χ1) is 9.09. The maximum absolute atomic E-state index is 11.7. The number of Topliss-reactive ketones (excluding diaryl/α,β-unsaturated/α-hetero) is 1. The summed E-state index contributed by atoms with van der Waals surface area (Å²) in [6.07, 6.45) is 13.8. The summed E-state index contributed by atoms with van der Waals surface area (Å²) in [5.41, 5.74) is 5.83. The highest BCUT2D eigenvalue weighted by Gasteiger charge is 2.15. The first-order valence-corrected chi connectivity index (χ1v) is 8.37. The standard InChI is InChI=1S/C17H35NO/c1-4-5-6-7-8-9-10-11-12-13-14-16(19)17(18)15(2)3/h15,17H,4-14,18H2,1-3H3. The fourth-order valence-electron chi connectivity index (χ4n) is 2.33. The molecule has 1 atom stereocenters. The Kier molecular flexibility index (Phi) is 12.4. The summed E-state index contributed by atoms with van der Waals surface area (Å²) in [4.78, 5) is 11.7. The lowest BCUT2D eigenvalue weighted by Crippen LogP contribution is -2.35. The highest BCUT2D eigenvalue weighted by molar-refractivity contribution is 5.83. The van der Waals surface area contributed by atoms with E-state index in [0.29, 0.717) is 6.42 Å². The quantitative estimate of drug-likeness (QED) is 0.486. The van der Waals surface area contributed by atoms with Gasteiger partial charge in [-0.15, -0.1) is 0 Å². The topological polar surface area (TPSA) is 43.1 Å². The minimum atomic E-state index is -0.251. The third-order valence-electron chi connectivity index (χ3n) is 3.87. The van der Waals surface area contributed by atoms with Gasteiger partial charge in [0.1, 0.15) is 5.78 Å². The SMILES string of the molecule is CCCCCCCCCCCCC(=O)C(N)C(C)C. The third kappa shape index (κ3) is 11.2. The van der Waals surface area contributed by atoms with Crippen molar-refractivity contribution in [3.05, 3.63) is 0 Å². The van der Waals surface area contributed by atoms with Crippen LogP contribution in [0.4, 0.5) is 0 Å². The van der Waals surface area contributed by atoms with Gasteiger partial charge in [-0.25, -0.2) is 0 Å². The van der Waals surface area contributed by atoms with Crippen molar-refractivity contribution >= 4 is 5.78 Å². The average molecular weight is 269 g/mol. The molecule has 114 valence electrons. The lowest BCUT2D eigenvalue weighted by atomic mass is 9.97. The van der Waals surface area contributed by atoms with E-state index in [1.54, 1.807) is 0 Å². The molecule has 0 saturated heterocycles. The molecule has 0 bridgehead atoms. The molecule has 2 heteroatoms.